The molecule has 0 saturated carbocycles. The van der Waals surface area contributed by atoms with E-state index in [1.165, 1.54) is 0 Å². The maximum atomic E-state index is 11.4. The lowest BCUT2D eigenvalue weighted by molar-refractivity contribution is -0.120. The van der Waals surface area contributed by atoms with Crippen molar-refractivity contribution < 1.29 is 9.53 Å². The molecule has 0 aliphatic rings. The number of aryl methyl sites for hydroxylation is 1. The molecule has 4 heteroatoms. The number of benzene rings is 1. The fourth-order valence-corrected chi connectivity index (χ4v) is 2.20. The largest absolute Gasteiger partial charge is 0.496 e. The molecule has 1 aromatic carbocycles. The minimum absolute atomic E-state index is 0.0481. The summed E-state index contributed by atoms with van der Waals surface area (Å²) in [5.74, 6) is 0.844. The SMILES string of the molecule is CNC(=O)CC(N)c1cc(C)c(OC)c(C)c1C. The van der Waals surface area contributed by atoms with E-state index < -0.39 is 0 Å². The lowest BCUT2D eigenvalue weighted by atomic mass is 9.92. The van der Waals surface area contributed by atoms with Gasteiger partial charge in [-0.15, -0.1) is 0 Å². The first-order valence-electron chi connectivity index (χ1n) is 6.03. The highest BCUT2D eigenvalue weighted by molar-refractivity contribution is 5.76. The summed E-state index contributed by atoms with van der Waals surface area (Å²) < 4.78 is 5.37. The van der Waals surface area contributed by atoms with Crippen molar-refractivity contribution in [1.82, 2.24) is 5.32 Å². The Kier molecular flexibility index (Phi) is 4.73. The maximum Gasteiger partial charge on any atom is 0.221 e. The number of nitrogens with two attached hydrogens (primary N) is 1. The van der Waals surface area contributed by atoms with Gasteiger partial charge in [0.15, 0.2) is 0 Å². The van der Waals surface area contributed by atoms with Crippen molar-refractivity contribution in [3.05, 3.63) is 28.3 Å². The minimum Gasteiger partial charge on any atom is -0.496 e. The van der Waals surface area contributed by atoms with Crippen molar-refractivity contribution in [3.8, 4) is 5.75 Å². The van der Waals surface area contributed by atoms with Gasteiger partial charge in [-0.1, -0.05) is 6.07 Å². The van der Waals surface area contributed by atoms with Crippen LogP contribution < -0.4 is 15.8 Å². The van der Waals surface area contributed by atoms with Crippen LogP contribution in [0.5, 0.6) is 5.75 Å². The summed E-state index contributed by atoms with van der Waals surface area (Å²) in [6.45, 7) is 6.01. The summed E-state index contributed by atoms with van der Waals surface area (Å²) in [6.07, 6.45) is 0.294. The van der Waals surface area contributed by atoms with E-state index in [0.29, 0.717) is 6.42 Å². The van der Waals surface area contributed by atoms with Crippen LogP contribution in [-0.4, -0.2) is 20.1 Å². The molecule has 0 aromatic heterocycles. The second-order valence-electron chi connectivity index (χ2n) is 4.55. The number of amides is 1. The summed E-state index contributed by atoms with van der Waals surface area (Å²) in [7, 11) is 3.28. The van der Waals surface area contributed by atoms with Crippen molar-refractivity contribution >= 4 is 5.91 Å². The molecule has 0 radical (unpaired) electrons. The highest BCUT2D eigenvalue weighted by Gasteiger charge is 2.17. The van der Waals surface area contributed by atoms with Crippen LogP contribution in [0.2, 0.25) is 0 Å². The van der Waals surface area contributed by atoms with Crippen molar-refractivity contribution in [2.24, 2.45) is 5.73 Å². The first-order valence-corrected chi connectivity index (χ1v) is 6.03. The Hall–Kier alpha value is -1.55. The molecule has 1 rings (SSSR count). The molecular weight excluding hydrogens is 228 g/mol. The third-order valence-corrected chi connectivity index (χ3v) is 3.35. The van der Waals surface area contributed by atoms with Gasteiger partial charge in [-0.2, -0.15) is 0 Å². The third kappa shape index (κ3) is 2.82. The molecule has 18 heavy (non-hydrogen) atoms. The van der Waals surface area contributed by atoms with Crippen LogP contribution in [0.1, 0.15) is 34.7 Å². The normalized spacial score (nSPS) is 12.1. The van der Waals surface area contributed by atoms with Gasteiger partial charge in [0.25, 0.3) is 0 Å². The standard InChI is InChI=1S/C14H22N2O2/c1-8-6-11(12(15)7-13(17)16-4)9(2)10(3)14(8)18-5/h6,12H,7,15H2,1-5H3,(H,16,17). The zero-order valence-corrected chi connectivity index (χ0v) is 11.8. The second-order valence-corrected chi connectivity index (χ2v) is 4.55. The fourth-order valence-electron chi connectivity index (χ4n) is 2.20. The highest BCUT2D eigenvalue weighted by Crippen LogP contribution is 2.31. The van der Waals surface area contributed by atoms with Gasteiger partial charge in [0.2, 0.25) is 5.91 Å². The fraction of sp³-hybridized carbons (Fsp3) is 0.500. The number of carbonyl (C=O) groups excluding carboxylic acids is 1. The maximum absolute atomic E-state index is 11.4. The van der Waals surface area contributed by atoms with Gasteiger partial charge < -0.3 is 15.8 Å². The van der Waals surface area contributed by atoms with Crippen LogP contribution in [0.4, 0.5) is 0 Å². The molecule has 0 fully saturated rings. The van der Waals surface area contributed by atoms with Gasteiger partial charge in [-0.25, -0.2) is 0 Å². The number of methoxy groups -OCH3 is 1. The van der Waals surface area contributed by atoms with E-state index in [-0.39, 0.29) is 11.9 Å². The average Bonchev–Trinajstić information content (AvgIpc) is 2.34. The Labute approximate surface area is 109 Å². The molecule has 100 valence electrons. The number of carbonyl (C=O) groups is 1. The van der Waals surface area contributed by atoms with E-state index in [2.05, 4.69) is 5.32 Å². The molecule has 0 heterocycles. The summed E-state index contributed by atoms with van der Waals surface area (Å²) in [4.78, 5) is 11.4. The van der Waals surface area contributed by atoms with Crippen LogP contribution in [0.25, 0.3) is 0 Å². The predicted molar refractivity (Wildman–Crippen MR) is 72.8 cm³/mol. The molecule has 1 unspecified atom stereocenters. The van der Waals surface area contributed by atoms with E-state index in [4.69, 9.17) is 10.5 Å². The smallest absolute Gasteiger partial charge is 0.221 e. The van der Waals surface area contributed by atoms with E-state index in [1.807, 2.05) is 26.8 Å². The van der Waals surface area contributed by atoms with Gasteiger partial charge >= 0.3 is 0 Å². The van der Waals surface area contributed by atoms with Gasteiger partial charge in [0.1, 0.15) is 5.75 Å². The number of hydrogen-bond acceptors (Lipinski definition) is 3. The first kappa shape index (κ1) is 14.5. The zero-order valence-electron chi connectivity index (χ0n) is 11.8. The molecular formula is C14H22N2O2. The summed E-state index contributed by atoms with van der Waals surface area (Å²) >= 11 is 0. The van der Waals surface area contributed by atoms with Gasteiger partial charge in [-0.05, 0) is 43.0 Å². The monoisotopic (exact) mass is 250 g/mol. The minimum atomic E-state index is -0.284. The number of hydrogen-bond donors (Lipinski definition) is 2. The van der Waals surface area contributed by atoms with Crippen LogP contribution in [0.3, 0.4) is 0 Å². The van der Waals surface area contributed by atoms with E-state index >= 15 is 0 Å². The third-order valence-electron chi connectivity index (χ3n) is 3.35. The molecule has 0 spiro atoms. The lowest BCUT2D eigenvalue weighted by Crippen LogP contribution is -2.24. The average molecular weight is 250 g/mol. The van der Waals surface area contributed by atoms with E-state index in [1.54, 1.807) is 14.2 Å². The van der Waals surface area contributed by atoms with Crippen LogP contribution >= 0.6 is 0 Å². The Morgan fingerprint density at radius 3 is 2.50 bits per heavy atom. The van der Waals surface area contributed by atoms with Crippen LogP contribution in [0, 0.1) is 20.8 Å². The Balaban J connectivity index is 3.14. The number of nitrogens with one attached hydrogen (secondary N) is 1. The molecule has 1 aromatic rings. The van der Waals surface area contributed by atoms with Crippen molar-refractivity contribution in [3.63, 3.8) is 0 Å². The Morgan fingerprint density at radius 1 is 1.39 bits per heavy atom. The lowest BCUT2D eigenvalue weighted by Gasteiger charge is -2.19. The van der Waals surface area contributed by atoms with E-state index in [0.717, 1.165) is 28.0 Å². The highest BCUT2D eigenvalue weighted by atomic mass is 16.5. The van der Waals surface area contributed by atoms with Crippen LogP contribution in [-0.2, 0) is 4.79 Å². The topological polar surface area (TPSA) is 64.4 Å². The summed E-state index contributed by atoms with van der Waals surface area (Å²) in [5, 5.41) is 2.59. The number of rotatable bonds is 4. The van der Waals surface area contributed by atoms with Crippen molar-refractivity contribution in [2.45, 2.75) is 33.2 Å². The summed E-state index contributed by atoms with van der Waals surface area (Å²) in [5.41, 5.74) is 10.3. The Morgan fingerprint density at radius 2 is 2.00 bits per heavy atom. The summed E-state index contributed by atoms with van der Waals surface area (Å²) in [6, 6.07) is 1.72. The molecule has 0 aliphatic heterocycles. The number of ether oxygens (including phenoxy) is 1. The van der Waals surface area contributed by atoms with E-state index in [9.17, 15) is 4.79 Å². The Bertz CT molecular complexity index is 456. The van der Waals surface area contributed by atoms with Gasteiger partial charge in [0, 0.05) is 19.5 Å². The second kappa shape index (κ2) is 5.87. The quantitative estimate of drug-likeness (QED) is 0.855. The zero-order chi connectivity index (χ0) is 13.9. The van der Waals surface area contributed by atoms with Crippen LogP contribution in [0.15, 0.2) is 6.07 Å². The molecule has 1 amide bonds. The molecule has 0 aliphatic carbocycles. The van der Waals surface area contributed by atoms with Crippen molar-refractivity contribution in [2.75, 3.05) is 14.2 Å². The first-order chi connectivity index (χ1) is 8.42. The van der Waals surface area contributed by atoms with Gasteiger partial charge in [0.05, 0.1) is 7.11 Å². The van der Waals surface area contributed by atoms with Gasteiger partial charge in [-0.3, -0.25) is 4.79 Å². The molecule has 1 atom stereocenters. The molecule has 0 saturated heterocycles. The predicted octanol–water partition coefficient (Wildman–Crippen LogP) is 1.76. The molecule has 4 nitrogen and oxygen atoms in total. The van der Waals surface area contributed by atoms with Crippen molar-refractivity contribution in [1.29, 1.82) is 0 Å². The molecule has 0 bridgehead atoms. The molecule has 3 N–H and O–H groups in total.